The summed E-state index contributed by atoms with van der Waals surface area (Å²) >= 11 is 0. The van der Waals surface area contributed by atoms with Crippen LogP contribution < -0.4 is 15.5 Å². The summed E-state index contributed by atoms with van der Waals surface area (Å²) in [6.45, 7) is 7.45. The first-order chi connectivity index (χ1) is 22.8. The molecule has 1 atom stereocenters. The van der Waals surface area contributed by atoms with Gasteiger partial charge in [0, 0.05) is 73.7 Å². The van der Waals surface area contributed by atoms with Gasteiger partial charge in [-0.3, -0.25) is 9.69 Å². The molecule has 11 nitrogen and oxygen atoms in total. The van der Waals surface area contributed by atoms with Crippen molar-refractivity contribution in [3.05, 3.63) is 96.2 Å². The summed E-state index contributed by atoms with van der Waals surface area (Å²) < 4.78 is 32.9. The van der Waals surface area contributed by atoms with Crippen molar-refractivity contribution < 1.29 is 17.9 Å². The number of hydrogen-bond acceptors (Lipinski definition) is 11. The number of nitrogens with one attached hydrogen (secondary N) is 2. The average Bonchev–Trinajstić information content (AvgIpc) is 3.10. The number of rotatable bonds is 11. The second-order valence-electron chi connectivity index (χ2n) is 12.1. The third-order valence-corrected chi connectivity index (χ3v) is 11.2. The molecule has 1 aromatic heterocycles. The summed E-state index contributed by atoms with van der Waals surface area (Å²) in [5.74, 6) is 1.02. The van der Waals surface area contributed by atoms with Crippen LogP contribution in [0.1, 0.15) is 30.2 Å². The third kappa shape index (κ3) is 7.73. The van der Waals surface area contributed by atoms with E-state index in [-0.39, 0.29) is 4.90 Å². The van der Waals surface area contributed by atoms with Crippen molar-refractivity contribution in [2.45, 2.75) is 36.1 Å². The molecular weight excluding hydrogens is 614 g/mol. The molecule has 6 rings (SSSR count). The summed E-state index contributed by atoms with van der Waals surface area (Å²) in [5, 5.41) is 6.04. The predicted octanol–water partition coefficient (Wildman–Crippen LogP) is 5.13. The van der Waals surface area contributed by atoms with Crippen LogP contribution in [0.25, 0.3) is 0 Å². The normalized spacial score (nSPS) is 17.2. The van der Waals surface area contributed by atoms with Crippen molar-refractivity contribution in [3.8, 4) is 0 Å². The van der Waals surface area contributed by atoms with Gasteiger partial charge in [0.05, 0.1) is 10.1 Å². The maximum atomic E-state index is 13.8. The van der Waals surface area contributed by atoms with E-state index in [9.17, 15) is 13.2 Å². The van der Waals surface area contributed by atoms with Crippen LogP contribution in [-0.2, 0) is 19.4 Å². The molecule has 0 spiro atoms. The van der Waals surface area contributed by atoms with Crippen LogP contribution in [0.2, 0.25) is 0 Å². The number of ether oxygens (including phenoxy) is 1. The number of nitrogens with zero attached hydrogens (tertiary/aromatic N) is 5. The van der Waals surface area contributed by atoms with E-state index in [2.05, 4.69) is 49.6 Å². The monoisotopic (exact) mass is 655 g/mol. The Hall–Kier alpha value is -4.52. The highest BCUT2D eigenvalue weighted by Crippen LogP contribution is 2.31. The van der Waals surface area contributed by atoms with E-state index in [1.807, 2.05) is 60.4 Å². The quantitative estimate of drug-likeness (QED) is 0.209. The van der Waals surface area contributed by atoms with Crippen molar-refractivity contribution in [1.29, 1.82) is 0 Å². The van der Waals surface area contributed by atoms with Crippen molar-refractivity contribution in [2.24, 2.45) is 0 Å². The fourth-order valence-electron chi connectivity index (χ4n) is 6.12. The van der Waals surface area contributed by atoms with Crippen LogP contribution in [0.4, 0.5) is 28.8 Å². The summed E-state index contributed by atoms with van der Waals surface area (Å²) in [6.07, 6.45) is 2.06. The van der Waals surface area contributed by atoms with Crippen molar-refractivity contribution in [3.63, 3.8) is 0 Å². The third-order valence-electron chi connectivity index (χ3n) is 8.91. The Kier molecular flexibility index (Phi) is 10.00. The van der Waals surface area contributed by atoms with E-state index in [1.165, 1.54) is 5.69 Å². The van der Waals surface area contributed by atoms with E-state index in [0.29, 0.717) is 49.9 Å². The number of likely N-dealkylation sites (N-methyl/N-ethyl adjacent to an activating group) is 1. The molecule has 47 heavy (non-hydrogen) atoms. The summed E-state index contributed by atoms with van der Waals surface area (Å²) in [4.78, 5) is 27.4. The topological polar surface area (TPSA) is 120 Å². The van der Waals surface area contributed by atoms with E-state index in [0.717, 1.165) is 43.0 Å². The molecule has 0 radical (unpaired) electrons. The van der Waals surface area contributed by atoms with Crippen LogP contribution in [0.3, 0.4) is 0 Å². The van der Waals surface area contributed by atoms with E-state index < -0.39 is 21.3 Å². The zero-order valence-electron chi connectivity index (χ0n) is 26.7. The number of sulfone groups is 1. The lowest BCUT2D eigenvalue weighted by molar-refractivity contribution is -0.145. The standard InChI is InChI=1S/C35H41N7O4S/c1-26-24-36-35(38-28-11-13-30(14-12-28)41-21-19-40(2)20-22-41)39-33(26)37-29-9-6-10-32(23-29)47(44,45)31-15-17-42(18-16-31)34(46-25-43)27-7-4-3-5-8-27/h3-14,23-25,31,34H,15-22H2,1-2H3,(H2,36,37,38,39). The first-order valence-electron chi connectivity index (χ1n) is 15.9. The number of aromatic nitrogens is 2. The lowest BCUT2D eigenvalue weighted by Crippen LogP contribution is -2.44. The lowest BCUT2D eigenvalue weighted by Gasteiger charge is -2.36. The molecule has 0 saturated carbocycles. The largest absolute Gasteiger partial charge is 0.444 e. The number of piperidine rings is 1. The minimum atomic E-state index is -3.60. The van der Waals surface area contributed by atoms with Gasteiger partial charge in [-0.1, -0.05) is 36.4 Å². The Morgan fingerprint density at radius 2 is 1.60 bits per heavy atom. The Morgan fingerprint density at radius 1 is 0.872 bits per heavy atom. The molecule has 2 N–H and O–H groups in total. The van der Waals surface area contributed by atoms with Crippen LogP contribution in [0.5, 0.6) is 0 Å². The number of carbonyl (C=O) groups is 1. The molecule has 0 aliphatic carbocycles. The van der Waals surface area contributed by atoms with Crippen LogP contribution in [0.15, 0.2) is 90.0 Å². The number of piperazine rings is 1. The molecule has 2 saturated heterocycles. The fourth-order valence-corrected chi connectivity index (χ4v) is 7.90. The van der Waals surface area contributed by atoms with Gasteiger partial charge in [-0.15, -0.1) is 0 Å². The molecule has 12 heteroatoms. The second-order valence-corrected chi connectivity index (χ2v) is 14.3. The average molecular weight is 656 g/mol. The molecule has 1 unspecified atom stereocenters. The lowest BCUT2D eigenvalue weighted by atomic mass is 10.1. The highest BCUT2D eigenvalue weighted by atomic mass is 32.2. The predicted molar refractivity (Wildman–Crippen MR) is 184 cm³/mol. The number of carbonyl (C=O) groups excluding carboxylic acids is 1. The number of anilines is 5. The van der Waals surface area contributed by atoms with E-state index >= 15 is 0 Å². The molecule has 3 aromatic carbocycles. The molecule has 246 valence electrons. The minimum Gasteiger partial charge on any atom is -0.444 e. The summed E-state index contributed by atoms with van der Waals surface area (Å²) in [6, 6.07) is 24.6. The van der Waals surface area contributed by atoms with Gasteiger partial charge in [-0.25, -0.2) is 13.4 Å². The molecule has 3 heterocycles. The Balaban J connectivity index is 1.10. The zero-order chi connectivity index (χ0) is 32.8. The van der Waals surface area contributed by atoms with Crippen LogP contribution >= 0.6 is 0 Å². The van der Waals surface area contributed by atoms with Gasteiger partial charge >= 0.3 is 0 Å². The Labute approximate surface area is 276 Å². The molecule has 2 aliphatic rings. The maximum absolute atomic E-state index is 13.8. The first kappa shape index (κ1) is 32.4. The van der Waals surface area contributed by atoms with E-state index in [4.69, 9.17) is 4.74 Å². The molecular formula is C35H41N7O4S. The fraction of sp³-hybridized carbons (Fsp3) is 0.343. The number of hydrogen-bond donors (Lipinski definition) is 2. The van der Waals surface area contributed by atoms with Gasteiger partial charge < -0.3 is 25.2 Å². The summed E-state index contributed by atoms with van der Waals surface area (Å²) in [5.41, 5.74) is 4.38. The Morgan fingerprint density at radius 3 is 2.30 bits per heavy atom. The van der Waals surface area contributed by atoms with Crippen molar-refractivity contribution >= 4 is 45.1 Å². The first-order valence-corrected chi connectivity index (χ1v) is 17.5. The molecule has 2 fully saturated rings. The van der Waals surface area contributed by atoms with Gasteiger partial charge in [0.2, 0.25) is 5.95 Å². The molecule has 2 aliphatic heterocycles. The van der Waals surface area contributed by atoms with Gasteiger partial charge in [0.15, 0.2) is 16.1 Å². The highest BCUT2D eigenvalue weighted by molar-refractivity contribution is 7.92. The minimum absolute atomic E-state index is 0.259. The van der Waals surface area contributed by atoms with Gasteiger partial charge in [-0.2, -0.15) is 4.98 Å². The highest BCUT2D eigenvalue weighted by Gasteiger charge is 2.34. The number of benzene rings is 3. The summed E-state index contributed by atoms with van der Waals surface area (Å²) in [7, 11) is -1.46. The zero-order valence-corrected chi connectivity index (χ0v) is 27.6. The van der Waals surface area contributed by atoms with Crippen LogP contribution in [-0.4, -0.2) is 86.2 Å². The van der Waals surface area contributed by atoms with Crippen molar-refractivity contribution in [2.75, 3.05) is 61.8 Å². The van der Waals surface area contributed by atoms with E-state index in [1.54, 1.807) is 24.4 Å². The van der Waals surface area contributed by atoms with Gasteiger partial charge in [0.25, 0.3) is 6.47 Å². The Bertz CT molecular complexity index is 1760. The van der Waals surface area contributed by atoms with Gasteiger partial charge in [-0.05, 0) is 69.3 Å². The second kappa shape index (κ2) is 14.5. The SMILES string of the molecule is Cc1cnc(Nc2ccc(N3CCN(C)CC3)cc2)nc1Nc1cccc(S(=O)(=O)C2CCN(C(OC=O)c3ccccc3)CC2)c1. The maximum Gasteiger partial charge on any atom is 0.294 e. The number of aryl methyl sites for hydroxylation is 1. The molecule has 0 amide bonds. The molecule has 0 bridgehead atoms. The molecule has 4 aromatic rings. The smallest absolute Gasteiger partial charge is 0.294 e. The van der Waals surface area contributed by atoms with Crippen molar-refractivity contribution in [1.82, 2.24) is 19.8 Å². The van der Waals surface area contributed by atoms with Crippen LogP contribution in [0, 0.1) is 6.92 Å². The van der Waals surface area contributed by atoms with Gasteiger partial charge in [0.1, 0.15) is 5.82 Å². The number of likely N-dealkylation sites (tertiary alicyclic amines) is 1.